The molecule has 2 aromatic rings. The van der Waals surface area contributed by atoms with Crippen molar-refractivity contribution in [3.8, 4) is 0 Å². The van der Waals surface area contributed by atoms with Gasteiger partial charge in [-0.3, -0.25) is 9.59 Å². The summed E-state index contributed by atoms with van der Waals surface area (Å²) in [5.74, 6) is -0.619. The standard InChI is InChI=1S/C20H24N2O2/c1-14-10-15(2)12-17(11-14)22-19(24)20(3,4)18(23)21-13-16-8-6-5-7-9-16/h5-12H,13H2,1-4H3,(H,21,23)(H,22,24). The topological polar surface area (TPSA) is 58.2 Å². The Balaban J connectivity index is 2.02. The lowest BCUT2D eigenvalue weighted by Crippen LogP contribution is -2.44. The third kappa shape index (κ3) is 4.44. The van der Waals surface area contributed by atoms with E-state index in [4.69, 9.17) is 0 Å². The fourth-order valence-corrected chi connectivity index (χ4v) is 2.44. The van der Waals surface area contributed by atoms with Crippen molar-refractivity contribution in [3.63, 3.8) is 0 Å². The third-order valence-electron chi connectivity index (χ3n) is 3.91. The average Bonchev–Trinajstić information content (AvgIpc) is 2.52. The summed E-state index contributed by atoms with van der Waals surface area (Å²) in [7, 11) is 0. The molecule has 0 saturated carbocycles. The highest BCUT2D eigenvalue weighted by Crippen LogP contribution is 2.21. The number of aryl methyl sites for hydroxylation is 2. The van der Waals surface area contributed by atoms with Crippen molar-refractivity contribution in [1.82, 2.24) is 5.32 Å². The first-order chi connectivity index (χ1) is 11.3. The number of anilines is 1. The number of hydrogen-bond acceptors (Lipinski definition) is 2. The Morgan fingerprint density at radius 1 is 0.917 bits per heavy atom. The van der Waals surface area contributed by atoms with Crippen LogP contribution in [0.4, 0.5) is 5.69 Å². The highest BCUT2D eigenvalue weighted by molar-refractivity contribution is 6.09. The lowest BCUT2D eigenvalue weighted by Gasteiger charge is -2.23. The van der Waals surface area contributed by atoms with Gasteiger partial charge in [0.2, 0.25) is 11.8 Å². The van der Waals surface area contributed by atoms with E-state index in [1.165, 1.54) is 0 Å². The zero-order chi connectivity index (χ0) is 17.7. The van der Waals surface area contributed by atoms with E-state index >= 15 is 0 Å². The van der Waals surface area contributed by atoms with E-state index in [1.54, 1.807) is 13.8 Å². The molecule has 0 heterocycles. The van der Waals surface area contributed by atoms with E-state index in [1.807, 2.05) is 62.4 Å². The molecule has 2 N–H and O–H groups in total. The highest BCUT2D eigenvalue weighted by Gasteiger charge is 2.35. The molecule has 0 atom stereocenters. The van der Waals surface area contributed by atoms with Crippen LogP contribution in [0.1, 0.15) is 30.5 Å². The molecule has 2 amide bonds. The van der Waals surface area contributed by atoms with E-state index in [0.717, 1.165) is 16.7 Å². The van der Waals surface area contributed by atoms with Gasteiger partial charge < -0.3 is 10.6 Å². The largest absolute Gasteiger partial charge is 0.351 e. The smallest absolute Gasteiger partial charge is 0.239 e. The van der Waals surface area contributed by atoms with Crippen molar-refractivity contribution in [2.75, 3.05) is 5.32 Å². The van der Waals surface area contributed by atoms with Gasteiger partial charge in [0.05, 0.1) is 0 Å². The van der Waals surface area contributed by atoms with Crippen LogP contribution in [0.5, 0.6) is 0 Å². The van der Waals surface area contributed by atoms with Gasteiger partial charge in [-0.25, -0.2) is 0 Å². The average molecular weight is 324 g/mol. The Bertz CT molecular complexity index is 716. The molecule has 126 valence electrons. The summed E-state index contributed by atoms with van der Waals surface area (Å²) in [4.78, 5) is 25.0. The number of amides is 2. The van der Waals surface area contributed by atoms with Crippen molar-refractivity contribution < 1.29 is 9.59 Å². The molecule has 0 bridgehead atoms. The van der Waals surface area contributed by atoms with Crippen LogP contribution >= 0.6 is 0 Å². The molecule has 2 rings (SSSR count). The molecule has 0 aromatic heterocycles. The second-order valence-corrected chi connectivity index (χ2v) is 6.62. The van der Waals surface area contributed by atoms with Gasteiger partial charge in [-0.15, -0.1) is 0 Å². The molecule has 2 aromatic carbocycles. The quantitative estimate of drug-likeness (QED) is 0.826. The maximum Gasteiger partial charge on any atom is 0.239 e. The van der Waals surface area contributed by atoms with Crippen LogP contribution in [0.25, 0.3) is 0 Å². The van der Waals surface area contributed by atoms with E-state index in [9.17, 15) is 9.59 Å². The molecule has 0 unspecified atom stereocenters. The lowest BCUT2D eigenvalue weighted by atomic mass is 9.90. The first kappa shape index (κ1) is 17.7. The third-order valence-corrected chi connectivity index (χ3v) is 3.91. The minimum atomic E-state index is -1.16. The summed E-state index contributed by atoms with van der Waals surface area (Å²) in [6.07, 6.45) is 0. The Kier molecular flexibility index (Phi) is 5.39. The van der Waals surface area contributed by atoms with Gasteiger partial charge in [0.15, 0.2) is 0 Å². The van der Waals surface area contributed by atoms with Gasteiger partial charge in [0, 0.05) is 12.2 Å². The molecule has 0 aliphatic heterocycles. The predicted octanol–water partition coefficient (Wildman–Crippen LogP) is 3.58. The molecule has 0 radical (unpaired) electrons. The van der Waals surface area contributed by atoms with Crippen LogP contribution in [0.2, 0.25) is 0 Å². The second kappa shape index (κ2) is 7.30. The van der Waals surface area contributed by atoms with Crippen molar-refractivity contribution in [1.29, 1.82) is 0 Å². The van der Waals surface area contributed by atoms with Crippen LogP contribution in [0.15, 0.2) is 48.5 Å². The van der Waals surface area contributed by atoms with Crippen LogP contribution in [-0.4, -0.2) is 11.8 Å². The zero-order valence-corrected chi connectivity index (χ0v) is 14.6. The van der Waals surface area contributed by atoms with Crippen LogP contribution in [-0.2, 0) is 16.1 Å². The SMILES string of the molecule is Cc1cc(C)cc(NC(=O)C(C)(C)C(=O)NCc2ccccc2)c1. The summed E-state index contributed by atoms with van der Waals surface area (Å²) in [5.41, 5.74) is 2.68. The molecule has 0 fully saturated rings. The first-order valence-corrected chi connectivity index (χ1v) is 8.01. The van der Waals surface area contributed by atoms with Crippen molar-refractivity contribution in [2.24, 2.45) is 5.41 Å². The van der Waals surface area contributed by atoms with Gasteiger partial charge in [-0.1, -0.05) is 36.4 Å². The fourth-order valence-electron chi connectivity index (χ4n) is 2.44. The molecule has 24 heavy (non-hydrogen) atoms. The second-order valence-electron chi connectivity index (χ2n) is 6.62. The van der Waals surface area contributed by atoms with Crippen LogP contribution < -0.4 is 10.6 Å². The van der Waals surface area contributed by atoms with E-state index in [0.29, 0.717) is 12.2 Å². The minimum Gasteiger partial charge on any atom is -0.351 e. The van der Waals surface area contributed by atoms with E-state index in [-0.39, 0.29) is 11.8 Å². The van der Waals surface area contributed by atoms with Crippen molar-refractivity contribution in [2.45, 2.75) is 34.2 Å². The molecule has 4 nitrogen and oxygen atoms in total. The Hall–Kier alpha value is -2.62. The summed E-state index contributed by atoms with van der Waals surface area (Å²) in [6, 6.07) is 15.4. The summed E-state index contributed by atoms with van der Waals surface area (Å²) < 4.78 is 0. The Labute approximate surface area is 143 Å². The summed E-state index contributed by atoms with van der Waals surface area (Å²) in [5, 5.41) is 5.67. The molecular weight excluding hydrogens is 300 g/mol. The zero-order valence-electron chi connectivity index (χ0n) is 14.6. The van der Waals surface area contributed by atoms with E-state index in [2.05, 4.69) is 10.6 Å². The first-order valence-electron chi connectivity index (χ1n) is 8.01. The predicted molar refractivity (Wildman–Crippen MR) is 96.6 cm³/mol. The van der Waals surface area contributed by atoms with Crippen LogP contribution in [0, 0.1) is 19.3 Å². The Morgan fingerprint density at radius 2 is 1.50 bits per heavy atom. The lowest BCUT2D eigenvalue weighted by molar-refractivity contribution is -0.138. The van der Waals surface area contributed by atoms with Crippen molar-refractivity contribution >= 4 is 17.5 Å². The van der Waals surface area contributed by atoms with Crippen molar-refractivity contribution in [3.05, 3.63) is 65.2 Å². The number of nitrogens with one attached hydrogen (secondary N) is 2. The maximum absolute atomic E-state index is 12.5. The van der Waals surface area contributed by atoms with Crippen LogP contribution in [0.3, 0.4) is 0 Å². The number of hydrogen-bond donors (Lipinski definition) is 2. The maximum atomic E-state index is 12.5. The Morgan fingerprint density at radius 3 is 2.08 bits per heavy atom. The van der Waals surface area contributed by atoms with Gasteiger partial charge >= 0.3 is 0 Å². The number of benzene rings is 2. The molecule has 0 spiro atoms. The molecule has 0 saturated heterocycles. The van der Waals surface area contributed by atoms with E-state index < -0.39 is 5.41 Å². The summed E-state index contributed by atoms with van der Waals surface area (Å²) in [6.45, 7) is 7.61. The van der Waals surface area contributed by atoms with Gasteiger partial charge in [0.25, 0.3) is 0 Å². The number of carbonyl (C=O) groups excluding carboxylic acids is 2. The molecular formula is C20H24N2O2. The molecule has 4 heteroatoms. The summed E-state index contributed by atoms with van der Waals surface area (Å²) >= 11 is 0. The number of carbonyl (C=O) groups is 2. The van der Waals surface area contributed by atoms with Gasteiger partial charge in [-0.2, -0.15) is 0 Å². The monoisotopic (exact) mass is 324 g/mol. The highest BCUT2D eigenvalue weighted by atomic mass is 16.2. The molecule has 0 aliphatic rings. The normalized spacial score (nSPS) is 11.0. The number of rotatable bonds is 5. The fraction of sp³-hybridized carbons (Fsp3) is 0.300. The van der Waals surface area contributed by atoms with Gasteiger partial charge in [0.1, 0.15) is 5.41 Å². The minimum absolute atomic E-state index is 0.298. The molecule has 0 aliphatic carbocycles. The van der Waals surface area contributed by atoms with Gasteiger partial charge in [-0.05, 0) is 56.5 Å².